The molecule has 1 aromatic heterocycles. The minimum Gasteiger partial charge on any atom is -0.192 e. The highest BCUT2D eigenvalue weighted by Gasteiger charge is 2.10. The monoisotopic (exact) mass is 213 g/mol. The molecule has 0 radical (unpaired) electrons. The number of aryl methyl sites for hydroxylation is 1. The number of hydrogen-bond donors (Lipinski definition) is 0. The van der Waals surface area contributed by atoms with E-state index in [1.165, 1.54) is 10.9 Å². The van der Waals surface area contributed by atoms with Crippen LogP contribution in [0.25, 0.3) is 5.30 Å². The van der Waals surface area contributed by atoms with Crippen molar-refractivity contribution in [2.75, 3.05) is 0 Å². The maximum Gasteiger partial charge on any atom is 0.104 e. The van der Waals surface area contributed by atoms with Crippen LogP contribution in [0.2, 0.25) is 0 Å². The summed E-state index contributed by atoms with van der Waals surface area (Å²) in [5.74, 6) is 2.23. The Bertz CT molecular complexity index is 517. The zero-order valence-corrected chi connectivity index (χ0v) is 9.75. The summed E-state index contributed by atoms with van der Waals surface area (Å²) in [4.78, 5) is 0. The standard InChI is InChI=1S/C13H12NP/c1-10-9-15(13(8-14)11(10)2)12-6-4-3-5-7-12/h3-7,9H,1-2H3. The van der Waals surface area contributed by atoms with E-state index in [-0.39, 0.29) is 0 Å². The van der Waals surface area contributed by atoms with E-state index in [0.29, 0.717) is 0 Å². The molecule has 2 aromatic rings. The summed E-state index contributed by atoms with van der Waals surface area (Å²) in [5.41, 5.74) is 2.41. The van der Waals surface area contributed by atoms with Crippen molar-refractivity contribution in [3.63, 3.8) is 0 Å². The molecule has 0 saturated heterocycles. The van der Waals surface area contributed by atoms with Gasteiger partial charge in [-0.3, -0.25) is 0 Å². The third-order valence-corrected chi connectivity index (χ3v) is 5.07. The Labute approximate surface area is 91.0 Å². The summed E-state index contributed by atoms with van der Waals surface area (Å²) in [7, 11) is -0.526. The van der Waals surface area contributed by atoms with Gasteiger partial charge in [0.2, 0.25) is 0 Å². The third kappa shape index (κ3) is 1.69. The molecule has 0 aliphatic carbocycles. The highest BCUT2D eigenvalue weighted by molar-refractivity contribution is 7.57. The average molecular weight is 213 g/mol. The number of benzene rings is 1. The van der Waals surface area contributed by atoms with Crippen molar-refractivity contribution in [2.24, 2.45) is 0 Å². The Morgan fingerprint density at radius 2 is 1.80 bits per heavy atom. The fraction of sp³-hybridized carbons (Fsp3) is 0.154. The van der Waals surface area contributed by atoms with Gasteiger partial charge in [0.15, 0.2) is 0 Å². The van der Waals surface area contributed by atoms with Crippen molar-refractivity contribution in [3.8, 4) is 11.4 Å². The molecule has 1 heterocycles. The summed E-state index contributed by atoms with van der Waals surface area (Å²) in [6, 6.07) is 12.6. The SMILES string of the molecule is Cc1cp(-c2ccccc2)c(C#N)c1C. The van der Waals surface area contributed by atoms with Crippen LogP contribution in [0.1, 0.15) is 16.4 Å². The maximum atomic E-state index is 9.16. The van der Waals surface area contributed by atoms with Crippen molar-refractivity contribution in [1.82, 2.24) is 0 Å². The largest absolute Gasteiger partial charge is 0.192 e. The first-order valence-electron chi connectivity index (χ1n) is 4.88. The second-order valence-corrected chi connectivity index (χ2v) is 5.56. The van der Waals surface area contributed by atoms with E-state index >= 15 is 0 Å². The van der Waals surface area contributed by atoms with E-state index in [1.807, 2.05) is 25.1 Å². The van der Waals surface area contributed by atoms with Crippen molar-refractivity contribution in [1.29, 1.82) is 5.26 Å². The molecular formula is C13H12NP. The van der Waals surface area contributed by atoms with E-state index in [2.05, 4.69) is 30.9 Å². The molecule has 1 atom stereocenters. The summed E-state index contributed by atoms with van der Waals surface area (Å²) < 4.78 is 0. The van der Waals surface area contributed by atoms with Gasteiger partial charge in [-0.05, 0) is 36.1 Å². The topological polar surface area (TPSA) is 23.8 Å². The van der Waals surface area contributed by atoms with Gasteiger partial charge in [0, 0.05) is 0 Å². The molecule has 0 saturated carbocycles. The van der Waals surface area contributed by atoms with Gasteiger partial charge < -0.3 is 0 Å². The van der Waals surface area contributed by atoms with Crippen LogP contribution in [0.3, 0.4) is 0 Å². The van der Waals surface area contributed by atoms with Crippen LogP contribution in [-0.2, 0) is 0 Å². The Hall–Kier alpha value is -1.51. The second-order valence-electron chi connectivity index (χ2n) is 3.60. The van der Waals surface area contributed by atoms with Crippen molar-refractivity contribution < 1.29 is 0 Å². The first kappa shape index (κ1) is 10.0. The lowest BCUT2D eigenvalue weighted by Gasteiger charge is -1.99. The molecule has 0 aliphatic rings. The molecule has 1 aromatic carbocycles. The quantitative estimate of drug-likeness (QED) is 0.698. The van der Waals surface area contributed by atoms with E-state index in [4.69, 9.17) is 5.26 Å². The summed E-state index contributed by atoms with van der Waals surface area (Å²) in [6.45, 7) is 4.12. The normalized spacial score (nSPS) is 11.1. The smallest absolute Gasteiger partial charge is 0.104 e. The average Bonchev–Trinajstić information content (AvgIpc) is 2.56. The fourth-order valence-electron chi connectivity index (χ4n) is 1.65. The Kier molecular flexibility index (Phi) is 2.62. The fourth-order valence-corrected chi connectivity index (χ4v) is 3.91. The minimum absolute atomic E-state index is 0.526. The zero-order chi connectivity index (χ0) is 10.8. The van der Waals surface area contributed by atoms with E-state index in [0.717, 1.165) is 10.9 Å². The van der Waals surface area contributed by atoms with Crippen LogP contribution in [-0.4, -0.2) is 0 Å². The number of hydrogen-bond acceptors (Lipinski definition) is 1. The van der Waals surface area contributed by atoms with E-state index in [9.17, 15) is 0 Å². The molecule has 1 nitrogen and oxygen atoms in total. The van der Waals surface area contributed by atoms with Gasteiger partial charge in [-0.25, -0.2) is 0 Å². The molecule has 0 spiro atoms. The van der Waals surface area contributed by atoms with Gasteiger partial charge in [0.05, 0.1) is 5.30 Å². The maximum absolute atomic E-state index is 9.16. The lowest BCUT2D eigenvalue weighted by atomic mass is 10.2. The van der Waals surface area contributed by atoms with Crippen LogP contribution in [0.5, 0.6) is 0 Å². The van der Waals surface area contributed by atoms with Crippen LogP contribution >= 0.6 is 7.53 Å². The number of rotatable bonds is 1. The highest BCUT2D eigenvalue weighted by atomic mass is 31.1. The van der Waals surface area contributed by atoms with Gasteiger partial charge in [0.25, 0.3) is 0 Å². The Morgan fingerprint density at radius 1 is 1.13 bits per heavy atom. The second kappa shape index (κ2) is 3.93. The molecule has 0 bridgehead atoms. The molecule has 2 heteroatoms. The third-order valence-electron chi connectivity index (χ3n) is 2.65. The zero-order valence-electron chi connectivity index (χ0n) is 8.86. The summed E-state index contributed by atoms with van der Waals surface area (Å²) >= 11 is 0. The molecule has 15 heavy (non-hydrogen) atoms. The van der Waals surface area contributed by atoms with Gasteiger partial charge in [0.1, 0.15) is 6.07 Å². The molecule has 0 aliphatic heterocycles. The van der Waals surface area contributed by atoms with Gasteiger partial charge in [-0.2, -0.15) is 5.26 Å². The van der Waals surface area contributed by atoms with Crippen molar-refractivity contribution >= 4 is 7.53 Å². The van der Waals surface area contributed by atoms with Crippen LogP contribution in [0.15, 0.2) is 36.1 Å². The molecule has 1 unspecified atom stereocenters. The van der Waals surface area contributed by atoms with Crippen LogP contribution < -0.4 is 0 Å². The van der Waals surface area contributed by atoms with Crippen LogP contribution in [0.4, 0.5) is 0 Å². The van der Waals surface area contributed by atoms with E-state index in [1.54, 1.807) is 0 Å². The van der Waals surface area contributed by atoms with E-state index < -0.39 is 7.53 Å². The number of nitriles is 1. The summed E-state index contributed by atoms with van der Waals surface area (Å²) in [5, 5.41) is 11.4. The molecule has 74 valence electrons. The summed E-state index contributed by atoms with van der Waals surface area (Å²) in [6.07, 6.45) is 0. The highest BCUT2D eigenvalue weighted by Crippen LogP contribution is 2.46. The predicted octanol–water partition coefficient (Wildman–Crippen LogP) is 4.15. The Morgan fingerprint density at radius 3 is 2.40 bits per heavy atom. The molecule has 0 amide bonds. The minimum atomic E-state index is -0.526. The molecule has 0 fully saturated rings. The Balaban J connectivity index is 2.65. The lowest BCUT2D eigenvalue weighted by molar-refractivity contribution is 1.38. The van der Waals surface area contributed by atoms with Gasteiger partial charge >= 0.3 is 0 Å². The number of nitrogens with zero attached hydrogens (tertiary/aromatic N) is 1. The van der Waals surface area contributed by atoms with Crippen molar-refractivity contribution in [2.45, 2.75) is 13.8 Å². The van der Waals surface area contributed by atoms with Gasteiger partial charge in [-0.15, -0.1) is 0 Å². The van der Waals surface area contributed by atoms with Gasteiger partial charge in [-0.1, -0.05) is 37.9 Å². The first-order valence-corrected chi connectivity index (χ1v) is 6.29. The lowest BCUT2D eigenvalue weighted by Crippen LogP contribution is -1.74. The van der Waals surface area contributed by atoms with Crippen LogP contribution in [0, 0.1) is 25.2 Å². The molecule has 0 N–H and O–H groups in total. The molecular weight excluding hydrogens is 201 g/mol. The van der Waals surface area contributed by atoms with Crippen molar-refractivity contribution in [3.05, 3.63) is 52.6 Å². The predicted molar refractivity (Wildman–Crippen MR) is 64.7 cm³/mol. The first-order chi connectivity index (χ1) is 7.24. The molecule has 2 rings (SSSR count).